The molecule has 0 N–H and O–H groups in total. The van der Waals surface area contributed by atoms with Crippen LogP contribution in [-0.4, -0.2) is 19.5 Å². The Morgan fingerprint density at radius 3 is 1.41 bits per heavy atom. The Hall–Kier alpha value is -9.19. The van der Waals surface area contributed by atoms with Crippen LogP contribution in [0.2, 0.25) is 0 Å². The number of furan rings is 1. The zero-order chi connectivity index (χ0) is 45.0. The highest BCUT2D eigenvalue weighted by Gasteiger charge is 2.22. The topological polar surface area (TPSA) is 56.7 Å². The lowest BCUT2D eigenvalue weighted by molar-refractivity contribution is 0.669. The molecule has 0 saturated heterocycles. The van der Waals surface area contributed by atoms with E-state index in [0.29, 0.717) is 17.5 Å². The average Bonchev–Trinajstić information content (AvgIpc) is 3.97. The predicted octanol–water partition coefficient (Wildman–Crippen LogP) is 16.5. The number of nitrogens with zero attached hydrogens (tertiary/aromatic N) is 4. The van der Waals surface area contributed by atoms with Crippen molar-refractivity contribution in [2.75, 3.05) is 0 Å². The summed E-state index contributed by atoms with van der Waals surface area (Å²) in [5.41, 5.74) is 16.5. The van der Waals surface area contributed by atoms with Gasteiger partial charge in [0, 0.05) is 43.9 Å². The molecule has 0 amide bonds. The van der Waals surface area contributed by atoms with Crippen LogP contribution in [0.4, 0.5) is 0 Å². The lowest BCUT2D eigenvalue weighted by Crippen LogP contribution is -2.01. The number of benzene rings is 10. The number of aromatic nitrogens is 4. The summed E-state index contributed by atoms with van der Waals surface area (Å²) in [5, 5.41) is 4.54. The zero-order valence-corrected chi connectivity index (χ0v) is 36.8. The van der Waals surface area contributed by atoms with E-state index in [9.17, 15) is 0 Å². The quantitative estimate of drug-likeness (QED) is 0.153. The summed E-state index contributed by atoms with van der Waals surface area (Å²) in [4.78, 5) is 15.6. The van der Waals surface area contributed by atoms with Crippen LogP contribution in [-0.2, 0) is 0 Å². The number of para-hydroxylation sites is 2. The third-order valence-electron chi connectivity index (χ3n) is 13.0. The maximum Gasteiger partial charge on any atom is 0.164 e. The van der Waals surface area contributed by atoms with Crippen molar-refractivity contribution in [3.63, 3.8) is 0 Å². The first-order valence-corrected chi connectivity index (χ1v) is 22.9. The summed E-state index contributed by atoms with van der Waals surface area (Å²) in [7, 11) is 0. The molecule has 0 atom stereocenters. The van der Waals surface area contributed by atoms with Crippen LogP contribution in [0.3, 0.4) is 0 Å². The summed E-state index contributed by atoms with van der Waals surface area (Å²) in [6.07, 6.45) is 0. The van der Waals surface area contributed by atoms with Gasteiger partial charge in [0.05, 0.1) is 11.0 Å². The van der Waals surface area contributed by atoms with Crippen LogP contribution in [0.15, 0.2) is 247 Å². The number of fused-ring (bicyclic) bond motifs is 7. The minimum Gasteiger partial charge on any atom is -0.456 e. The van der Waals surface area contributed by atoms with Crippen LogP contribution >= 0.6 is 0 Å². The Balaban J connectivity index is 1.04. The highest BCUT2D eigenvalue weighted by Crippen LogP contribution is 2.44. The summed E-state index contributed by atoms with van der Waals surface area (Å²) in [5.74, 6) is 1.79. The van der Waals surface area contributed by atoms with Crippen molar-refractivity contribution in [3.05, 3.63) is 243 Å². The summed E-state index contributed by atoms with van der Waals surface area (Å²) >= 11 is 0. The van der Waals surface area contributed by atoms with Gasteiger partial charge in [0.1, 0.15) is 11.2 Å². The highest BCUT2D eigenvalue weighted by atomic mass is 16.3. The number of hydrogen-bond donors (Lipinski definition) is 0. The predicted molar refractivity (Wildman–Crippen MR) is 279 cm³/mol. The molecule has 68 heavy (non-hydrogen) atoms. The molecule has 0 bridgehead atoms. The maximum atomic E-state index is 6.84. The zero-order valence-electron chi connectivity index (χ0n) is 36.8. The Morgan fingerprint density at radius 1 is 0.279 bits per heavy atom. The molecule has 0 aliphatic rings. The normalized spacial score (nSPS) is 11.5. The second kappa shape index (κ2) is 16.4. The van der Waals surface area contributed by atoms with E-state index in [-0.39, 0.29) is 0 Å². The van der Waals surface area contributed by atoms with Crippen LogP contribution < -0.4 is 0 Å². The first kappa shape index (κ1) is 39.2. The molecule has 13 aromatic rings. The van der Waals surface area contributed by atoms with Crippen LogP contribution in [0.1, 0.15) is 0 Å². The van der Waals surface area contributed by atoms with E-state index in [4.69, 9.17) is 19.4 Å². The van der Waals surface area contributed by atoms with Crippen molar-refractivity contribution in [3.8, 4) is 84.4 Å². The molecule has 10 aromatic carbocycles. The molecule has 318 valence electrons. The first-order chi connectivity index (χ1) is 33.7. The maximum absolute atomic E-state index is 6.84. The molecule has 0 unspecified atom stereocenters. The molecular formula is C63H40N4O. The summed E-state index contributed by atoms with van der Waals surface area (Å²) in [6, 6.07) is 85.2. The van der Waals surface area contributed by atoms with Crippen LogP contribution in [0.25, 0.3) is 128 Å². The van der Waals surface area contributed by atoms with Gasteiger partial charge in [-0.3, -0.25) is 0 Å². The Bertz CT molecular complexity index is 3880. The van der Waals surface area contributed by atoms with Gasteiger partial charge in [-0.15, -0.1) is 0 Å². The van der Waals surface area contributed by atoms with Crippen molar-refractivity contribution in [2.24, 2.45) is 0 Å². The largest absolute Gasteiger partial charge is 0.456 e. The third kappa shape index (κ3) is 6.84. The van der Waals surface area contributed by atoms with Gasteiger partial charge in [0.25, 0.3) is 0 Å². The molecular weight excluding hydrogens is 829 g/mol. The average molecular weight is 869 g/mol. The third-order valence-corrected chi connectivity index (χ3v) is 13.0. The SMILES string of the molecule is c1ccc(-c2cc(-c3ccccc3)cc(-c3ccc(-c4ccc5c(c4)oc4ccc6c(c7ccccc7n6-c6ccccc6)c45)c(-c4nc(-c5ccccc5)nc(-c5ccccc5)n4)c3)c2)cc1. The summed E-state index contributed by atoms with van der Waals surface area (Å²) < 4.78 is 9.19. The molecule has 5 nitrogen and oxygen atoms in total. The van der Waals surface area contributed by atoms with Gasteiger partial charge in [0.15, 0.2) is 17.5 Å². The fourth-order valence-corrected chi connectivity index (χ4v) is 9.83. The molecule has 0 saturated carbocycles. The Kier molecular flexibility index (Phi) is 9.43. The van der Waals surface area contributed by atoms with Crippen molar-refractivity contribution >= 4 is 43.7 Å². The number of rotatable bonds is 8. The minimum atomic E-state index is 0.581. The smallest absolute Gasteiger partial charge is 0.164 e. The molecule has 13 rings (SSSR count). The van der Waals surface area contributed by atoms with Gasteiger partial charge < -0.3 is 8.98 Å². The van der Waals surface area contributed by atoms with E-state index in [1.54, 1.807) is 0 Å². The van der Waals surface area contributed by atoms with Crippen molar-refractivity contribution in [1.29, 1.82) is 0 Å². The second-order valence-electron chi connectivity index (χ2n) is 17.2. The highest BCUT2D eigenvalue weighted by molar-refractivity contribution is 6.27. The molecule has 0 aliphatic heterocycles. The monoisotopic (exact) mass is 868 g/mol. The standard InChI is InChI=1S/C63H40N4O/c1-6-18-41(19-7-1)47-36-48(42-20-8-2-9-21-42)38-49(37-47)45-30-32-51(54(39-45)63-65-61(43-22-10-3-11-23-43)64-62(66-63)44-24-12-4-13-25-44)46-31-33-53-58(40-46)68-57-35-34-56-59(60(53)57)52-28-16-17-29-55(52)67(56)50-26-14-5-15-27-50/h1-40H. The van der Waals surface area contributed by atoms with Gasteiger partial charge in [-0.05, 0) is 111 Å². The molecule has 0 spiro atoms. The minimum absolute atomic E-state index is 0.581. The van der Waals surface area contributed by atoms with Crippen LogP contribution in [0, 0.1) is 0 Å². The number of hydrogen-bond acceptors (Lipinski definition) is 4. The van der Waals surface area contributed by atoms with Gasteiger partial charge in [0.2, 0.25) is 0 Å². The fourth-order valence-electron chi connectivity index (χ4n) is 9.83. The van der Waals surface area contributed by atoms with Crippen LogP contribution in [0.5, 0.6) is 0 Å². The lowest BCUT2D eigenvalue weighted by atomic mass is 9.90. The second-order valence-corrected chi connectivity index (χ2v) is 17.2. The van der Waals surface area contributed by atoms with Gasteiger partial charge >= 0.3 is 0 Å². The van der Waals surface area contributed by atoms with E-state index >= 15 is 0 Å². The molecule has 5 heteroatoms. The Labute approximate surface area is 392 Å². The van der Waals surface area contributed by atoms with Gasteiger partial charge in [-0.25, -0.2) is 15.0 Å². The molecule has 0 fully saturated rings. The summed E-state index contributed by atoms with van der Waals surface area (Å²) in [6.45, 7) is 0. The van der Waals surface area contributed by atoms with E-state index < -0.39 is 0 Å². The molecule has 0 aliphatic carbocycles. The van der Waals surface area contributed by atoms with Crippen molar-refractivity contribution in [2.45, 2.75) is 0 Å². The molecule has 3 heterocycles. The Morgan fingerprint density at radius 2 is 0.794 bits per heavy atom. The lowest BCUT2D eigenvalue weighted by Gasteiger charge is -2.16. The fraction of sp³-hybridized carbons (Fsp3) is 0. The molecule has 3 aromatic heterocycles. The molecule has 0 radical (unpaired) electrons. The van der Waals surface area contributed by atoms with Gasteiger partial charge in [-0.2, -0.15) is 0 Å². The van der Waals surface area contributed by atoms with E-state index in [2.05, 4.69) is 211 Å². The van der Waals surface area contributed by atoms with E-state index in [0.717, 1.165) is 99.9 Å². The van der Waals surface area contributed by atoms with E-state index in [1.807, 2.05) is 36.4 Å². The van der Waals surface area contributed by atoms with E-state index in [1.165, 1.54) is 10.8 Å². The van der Waals surface area contributed by atoms with Crippen molar-refractivity contribution in [1.82, 2.24) is 19.5 Å². The first-order valence-electron chi connectivity index (χ1n) is 22.9. The van der Waals surface area contributed by atoms with Crippen molar-refractivity contribution < 1.29 is 4.42 Å². The van der Waals surface area contributed by atoms with Gasteiger partial charge in [-0.1, -0.05) is 176 Å².